The Labute approximate surface area is 114 Å². The Hall–Kier alpha value is -0.550. The fourth-order valence-electron chi connectivity index (χ4n) is 1.95. The molecule has 2 unspecified atom stereocenters. The van der Waals surface area contributed by atoms with E-state index in [1.165, 1.54) is 24.8 Å². The van der Waals surface area contributed by atoms with Crippen LogP contribution in [0.25, 0.3) is 0 Å². The third-order valence-corrected chi connectivity index (χ3v) is 6.07. The van der Waals surface area contributed by atoms with Gasteiger partial charge in [0.15, 0.2) is 5.78 Å². The summed E-state index contributed by atoms with van der Waals surface area (Å²) in [6, 6.07) is 2.52. The molecule has 1 aromatic rings. The molecule has 0 saturated carbocycles. The number of aryl methyl sites for hydroxylation is 1. The highest BCUT2D eigenvalue weighted by molar-refractivity contribution is 8.07. The first kappa shape index (κ1) is 13.9. The first-order valence-corrected chi connectivity index (χ1v) is 7.84. The predicted molar refractivity (Wildman–Crippen MR) is 73.6 cm³/mol. The Morgan fingerprint density at radius 2 is 1.94 bits per heavy atom. The van der Waals surface area contributed by atoms with Gasteiger partial charge < -0.3 is 0 Å². The van der Waals surface area contributed by atoms with Crippen molar-refractivity contribution in [2.75, 3.05) is 11.5 Å². The Balaban J connectivity index is 2.36. The molecule has 1 nitrogen and oxygen atoms in total. The molecule has 18 heavy (non-hydrogen) atoms. The van der Waals surface area contributed by atoms with Gasteiger partial charge in [0.05, 0.1) is 10.8 Å². The number of carbonyl (C=O) groups is 1. The van der Waals surface area contributed by atoms with E-state index in [4.69, 9.17) is 0 Å². The van der Waals surface area contributed by atoms with Crippen molar-refractivity contribution in [1.29, 1.82) is 0 Å². The van der Waals surface area contributed by atoms with Gasteiger partial charge in [-0.25, -0.2) is 8.78 Å². The second-order valence-corrected chi connectivity index (χ2v) is 7.02. The van der Waals surface area contributed by atoms with Crippen LogP contribution in [0.3, 0.4) is 0 Å². The first-order valence-electron chi connectivity index (χ1n) is 5.74. The Bertz CT molecular complexity index is 476. The zero-order valence-electron chi connectivity index (χ0n) is 10.2. The van der Waals surface area contributed by atoms with Crippen molar-refractivity contribution < 1.29 is 13.6 Å². The van der Waals surface area contributed by atoms with E-state index in [1.54, 1.807) is 11.8 Å². The summed E-state index contributed by atoms with van der Waals surface area (Å²) in [5.74, 6) is -0.0669. The monoisotopic (exact) mass is 288 g/mol. The topological polar surface area (TPSA) is 17.1 Å². The fraction of sp³-hybridized carbons (Fsp3) is 0.462. The van der Waals surface area contributed by atoms with Gasteiger partial charge in [0.2, 0.25) is 0 Å². The number of ketones is 1. The molecule has 1 heterocycles. The van der Waals surface area contributed by atoms with E-state index in [1.807, 2.05) is 6.92 Å². The van der Waals surface area contributed by atoms with E-state index in [2.05, 4.69) is 0 Å². The van der Waals surface area contributed by atoms with Crippen LogP contribution in [0.4, 0.5) is 8.78 Å². The van der Waals surface area contributed by atoms with Crippen LogP contribution in [0.15, 0.2) is 12.1 Å². The molecule has 1 aromatic carbocycles. The van der Waals surface area contributed by atoms with Crippen molar-refractivity contribution in [3.63, 3.8) is 0 Å². The first-order chi connectivity index (χ1) is 8.52. The van der Waals surface area contributed by atoms with Crippen molar-refractivity contribution >= 4 is 29.3 Å². The fourth-order valence-corrected chi connectivity index (χ4v) is 4.65. The molecule has 1 aliphatic rings. The van der Waals surface area contributed by atoms with E-state index >= 15 is 0 Å². The molecule has 98 valence electrons. The van der Waals surface area contributed by atoms with Crippen LogP contribution in [0, 0.1) is 18.6 Å². The number of rotatable bonds is 2. The summed E-state index contributed by atoms with van der Waals surface area (Å²) in [6.45, 7) is 3.47. The number of hydrogen-bond donors (Lipinski definition) is 0. The van der Waals surface area contributed by atoms with Gasteiger partial charge >= 0.3 is 0 Å². The summed E-state index contributed by atoms with van der Waals surface area (Å²) in [4.78, 5) is 12.3. The van der Waals surface area contributed by atoms with Gasteiger partial charge in [0.1, 0.15) is 11.6 Å². The molecule has 2 rings (SSSR count). The summed E-state index contributed by atoms with van der Waals surface area (Å²) < 4.78 is 27.6. The van der Waals surface area contributed by atoms with Crippen LogP contribution in [-0.4, -0.2) is 27.8 Å². The van der Waals surface area contributed by atoms with Crippen molar-refractivity contribution in [1.82, 2.24) is 0 Å². The number of benzene rings is 1. The Kier molecular flexibility index (Phi) is 4.33. The van der Waals surface area contributed by atoms with Gasteiger partial charge in [-0.05, 0) is 18.6 Å². The van der Waals surface area contributed by atoms with Crippen molar-refractivity contribution in [2.45, 2.75) is 24.3 Å². The molecule has 0 radical (unpaired) electrons. The lowest BCUT2D eigenvalue weighted by Crippen LogP contribution is -2.32. The molecule has 0 spiro atoms. The lowest BCUT2D eigenvalue weighted by molar-refractivity contribution is 0.0981. The maximum Gasteiger partial charge on any atom is 0.182 e. The van der Waals surface area contributed by atoms with Crippen LogP contribution in [0.5, 0.6) is 0 Å². The average molecular weight is 288 g/mol. The number of Topliss-reactive ketones (excluding diaryl/α,β-unsaturated/α-hetero) is 1. The van der Waals surface area contributed by atoms with Crippen LogP contribution >= 0.6 is 23.5 Å². The Morgan fingerprint density at radius 3 is 2.61 bits per heavy atom. The SMILES string of the molecule is Cc1ccc(F)c(C(=O)C2SCCSC2C)c1F. The van der Waals surface area contributed by atoms with Gasteiger partial charge in [-0.2, -0.15) is 11.8 Å². The van der Waals surface area contributed by atoms with Crippen molar-refractivity contribution in [3.05, 3.63) is 34.9 Å². The van der Waals surface area contributed by atoms with E-state index in [0.717, 1.165) is 17.6 Å². The minimum atomic E-state index is -0.758. The second kappa shape index (κ2) is 5.61. The molecule has 1 saturated heterocycles. The maximum absolute atomic E-state index is 13.9. The summed E-state index contributed by atoms with van der Waals surface area (Å²) in [6.07, 6.45) is 0. The minimum Gasteiger partial charge on any atom is -0.293 e. The van der Waals surface area contributed by atoms with Gasteiger partial charge in [0.25, 0.3) is 0 Å². The van der Waals surface area contributed by atoms with E-state index in [9.17, 15) is 13.6 Å². The summed E-state index contributed by atoms with van der Waals surface area (Å²) in [7, 11) is 0. The van der Waals surface area contributed by atoms with Crippen LogP contribution in [-0.2, 0) is 0 Å². The largest absolute Gasteiger partial charge is 0.293 e. The number of hydrogen-bond acceptors (Lipinski definition) is 3. The molecular formula is C13H14F2OS2. The summed E-state index contributed by atoms with van der Waals surface area (Å²) >= 11 is 3.17. The lowest BCUT2D eigenvalue weighted by atomic mass is 10.0. The molecule has 1 fully saturated rings. The smallest absolute Gasteiger partial charge is 0.182 e. The normalized spacial score (nSPS) is 24.0. The maximum atomic E-state index is 13.9. The second-order valence-electron chi connectivity index (χ2n) is 4.28. The third kappa shape index (κ3) is 2.57. The van der Waals surface area contributed by atoms with Gasteiger partial charge in [-0.3, -0.25) is 4.79 Å². The van der Waals surface area contributed by atoms with Gasteiger partial charge in [-0.15, -0.1) is 11.8 Å². The summed E-state index contributed by atoms with van der Waals surface area (Å²) in [5.41, 5.74) is -0.0669. The van der Waals surface area contributed by atoms with Crippen molar-refractivity contribution in [3.8, 4) is 0 Å². The van der Waals surface area contributed by atoms with Crippen molar-refractivity contribution in [2.24, 2.45) is 0 Å². The molecular weight excluding hydrogens is 274 g/mol. The quantitative estimate of drug-likeness (QED) is 0.773. The number of thioether (sulfide) groups is 2. The highest BCUT2D eigenvalue weighted by atomic mass is 32.2. The van der Waals surface area contributed by atoms with E-state index in [0.29, 0.717) is 5.56 Å². The predicted octanol–water partition coefficient (Wildman–Crippen LogP) is 3.69. The molecule has 0 N–H and O–H groups in total. The molecule has 1 aliphatic heterocycles. The standard InChI is InChI=1S/C13H14F2OS2/c1-7-3-4-9(14)10(11(7)15)12(16)13-8(2)17-5-6-18-13/h3-4,8,13H,5-6H2,1-2H3. The molecule has 0 aromatic heterocycles. The van der Waals surface area contributed by atoms with E-state index < -0.39 is 17.4 Å². The molecule has 2 atom stereocenters. The molecule has 0 bridgehead atoms. The zero-order valence-corrected chi connectivity index (χ0v) is 11.8. The number of halogens is 2. The number of carbonyl (C=O) groups excluding carboxylic acids is 1. The van der Waals surface area contributed by atoms with Gasteiger partial charge in [-0.1, -0.05) is 13.0 Å². The third-order valence-electron chi connectivity index (χ3n) is 2.98. The average Bonchev–Trinajstić information content (AvgIpc) is 2.35. The molecule has 5 heteroatoms. The molecule has 0 amide bonds. The van der Waals surface area contributed by atoms with E-state index in [-0.39, 0.29) is 16.1 Å². The minimum absolute atomic E-state index is 0.0931. The molecule has 0 aliphatic carbocycles. The highest BCUT2D eigenvalue weighted by Gasteiger charge is 2.33. The highest BCUT2D eigenvalue weighted by Crippen LogP contribution is 2.34. The van der Waals surface area contributed by atoms with Crippen LogP contribution < -0.4 is 0 Å². The zero-order chi connectivity index (χ0) is 13.3. The lowest BCUT2D eigenvalue weighted by Gasteiger charge is -2.26. The Morgan fingerprint density at radius 1 is 1.28 bits per heavy atom. The van der Waals surface area contributed by atoms with Crippen LogP contribution in [0.1, 0.15) is 22.8 Å². The summed E-state index contributed by atoms with van der Waals surface area (Å²) in [5, 5.41) is -0.259. The van der Waals surface area contributed by atoms with Gasteiger partial charge in [0, 0.05) is 16.8 Å². The van der Waals surface area contributed by atoms with Crippen LogP contribution in [0.2, 0.25) is 0 Å².